The molecule has 1 aliphatic rings. The minimum atomic E-state index is -3.44. The number of rotatable bonds is 4. The Balaban J connectivity index is 2.16. The van der Waals surface area contributed by atoms with Gasteiger partial charge in [-0.25, -0.2) is 13.1 Å². The summed E-state index contributed by atoms with van der Waals surface area (Å²) in [5.41, 5.74) is 0.813. The van der Waals surface area contributed by atoms with E-state index in [1.165, 1.54) is 6.42 Å². The number of aryl methyl sites for hydroxylation is 1. The summed E-state index contributed by atoms with van der Waals surface area (Å²) in [6.07, 6.45) is 4.25. The van der Waals surface area contributed by atoms with Crippen LogP contribution in [0.4, 0.5) is 0 Å². The molecule has 0 radical (unpaired) electrons. The van der Waals surface area contributed by atoms with Gasteiger partial charge in [0.05, 0.1) is 4.34 Å². The Bertz CT molecular complexity index is 524. The number of sulfonamides is 1. The maximum atomic E-state index is 12.4. The first kappa shape index (κ1) is 15.8. The van der Waals surface area contributed by atoms with Crippen LogP contribution in [-0.2, 0) is 10.0 Å². The van der Waals surface area contributed by atoms with Crippen molar-refractivity contribution in [2.24, 2.45) is 5.92 Å². The highest BCUT2D eigenvalue weighted by Gasteiger charge is 2.29. The van der Waals surface area contributed by atoms with Gasteiger partial charge in [0, 0.05) is 11.4 Å². The van der Waals surface area contributed by atoms with Crippen LogP contribution in [0, 0.1) is 12.8 Å². The van der Waals surface area contributed by atoms with E-state index in [0.717, 1.165) is 41.5 Å². The second kappa shape index (κ2) is 6.43. The number of halogens is 2. The molecule has 1 aliphatic carbocycles. The number of hydrogen-bond donors (Lipinski definition) is 1. The van der Waals surface area contributed by atoms with Crippen LogP contribution in [0.15, 0.2) is 10.3 Å². The van der Waals surface area contributed by atoms with Gasteiger partial charge in [-0.1, -0.05) is 40.4 Å². The van der Waals surface area contributed by atoms with E-state index in [9.17, 15) is 8.42 Å². The Hall–Kier alpha value is 0.380. The molecule has 1 aromatic rings. The lowest BCUT2D eigenvalue weighted by Gasteiger charge is -2.30. The summed E-state index contributed by atoms with van der Waals surface area (Å²) in [6, 6.07) is 1.67. The molecular formula is C12H17BrClNO2S2. The van der Waals surface area contributed by atoms with Gasteiger partial charge in [-0.3, -0.25) is 0 Å². The molecule has 1 saturated carbocycles. The minimum absolute atomic E-state index is 0.0271. The van der Waals surface area contributed by atoms with Crippen LogP contribution in [0.5, 0.6) is 0 Å². The fourth-order valence-corrected chi connectivity index (χ4v) is 6.21. The van der Waals surface area contributed by atoms with Gasteiger partial charge in [-0.05, 0) is 37.3 Å². The molecule has 1 aromatic heterocycles. The molecule has 2 unspecified atom stereocenters. The SMILES string of the molecule is Cc1cc(S(=O)(=O)NC2CCCCC2CBr)sc1Cl. The molecule has 108 valence electrons. The predicted molar refractivity (Wildman–Crippen MR) is 83.9 cm³/mol. The summed E-state index contributed by atoms with van der Waals surface area (Å²) < 4.78 is 28.4. The summed E-state index contributed by atoms with van der Waals surface area (Å²) >= 11 is 10.6. The normalized spacial score (nSPS) is 24.6. The second-order valence-corrected chi connectivity index (χ2v) is 9.19. The van der Waals surface area contributed by atoms with Crippen LogP contribution < -0.4 is 4.72 Å². The van der Waals surface area contributed by atoms with Crippen molar-refractivity contribution in [2.45, 2.75) is 42.9 Å². The van der Waals surface area contributed by atoms with Gasteiger partial charge >= 0.3 is 0 Å². The number of hydrogen-bond acceptors (Lipinski definition) is 3. The van der Waals surface area contributed by atoms with Crippen molar-refractivity contribution in [3.8, 4) is 0 Å². The summed E-state index contributed by atoms with van der Waals surface area (Å²) in [5.74, 6) is 0.375. The monoisotopic (exact) mass is 385 g/mol. The number of nitrogens with one attached hydrogen (secondary N) is 1. The van der Waals surface area contributed by atoms with E-state index in [-0.39, 0.29) is 6.04 Å². The minimum Gasteiger partial charge on any atom is -0.207 e. The van der Waals surface area contributed by atoms with Crippen molar-refractivity contribution in [1.82, 2.24) is 4.72 Å². The standard InChI is InChI=1S/C12H17BrClNO2S2/c1-8-6-11(18-12(8)14)19(16,17)15-10-5-3-2-4-9(10)7-13/h6,9-10,15H,2-5,7H2,1H3. The first-order valence-electron chi connectivity index (χ1n) is 6.28. The summed E-state index contributed by atoms with van der Waals surface area (Å²) in [4.78, 5) is 0. The van der Waals surface area contributed by atoms with E-state index >= 15 is 0 Å². The highest BCUT2D eigenvalue weighted by Crippen LogP contribution is 2.32. The van der Waals surface area contributed by atoms with Crippen LogP contribution in [0.3, 0.4) is 0 Å². The molecule has 0 amide bonds. The molecule has 1 heterocycles. The number of thiophene rings is 1. The van der Waals surface area contributed by atoms with E-state index in [1.807, 2.05) is 6.92 Å². The highest BCUT2D eigenvalue weighted by molar-refractivity contribution is 9.09. The van der Waals surface area contributed by atoms with Gasteiger partial charge in [0.2, 0.25) is 10.0 Å². The van der Waals surface area contributed by atoms with Crippen LogP contribution in [0.25, 0.3) is 0 Å². The van der Waals surface area contributed by atoms with Crippen molar-refractivity contribution in [1.29, 1.82) is 0 Å². The lowest BCUT2D eigenvalue weighted by atomic mass is 9.87. The quantitative estimate of drug-likeness (QED) is 0.797. The largest absolute Gasteiger partial charge is 0.250 e. The summed E-state index contributed by atoms with van der Waals surface area (Å²) in [6.45, 7) is 1.82. The van der Waals surface area contributed by atoms with Crippen molar-refractivity contribution >= 4 is 48.9 Å². The summed E-state index contributed by atoms with van der Waals surface area (Å²) in [7, 11) is -3.44. The fraction of sp³-hybridized carbons (Fsp3) is 0.667. The van der Waals surface area contributed by atoms with Crippen LogP contribution in [-0.4, -0.2) is 19.8 Å². The lowest BCUT2D eigenvalue weighted by molar-refractivity contribution is 0.317. The topological polar surface area (TPSA) is 46.2 Å². The maximum Gasteiger partial charge on any atom is 0.250 e. The Kier molecular flexibility index (Phi) is 5.34. The van der Waals surface area contributed by atoms with Gasteiger partial charge in [-0.2, -0.15) is 0 Å². The molecule has 0 saturated heterocycles. The van der Waals surface area contributed by atoms with Crippen molar-refractivity contribution in [2.75, 3.05) is 5.33 Å². The molecule has 0 spiro atoms. The molecule has 0 aromatic carbocycles. The van der Waals surface area contributed by atoms with Crippen molar-refractivity contribution < 1.29 is 8.42 Å². The van der Waals surface area contributed by atoms with E-state index in [4.69, 9.17) is 11.6 Å². The molecule has 2 atom stereocenters. The van der Waals surface area contributed by atoms with Gasteiger partial charge in [0.25, 0.3) is 0 Å². The van der Waals surface area contributed by atoms with Crippen LogP contribution in [0.2, 0.25) is 4.34 Å². The Morgan fingerprint density at radius 2 is 2.16 bits per heavy atom. The average Bonchev–Trinajstić information content (AvgIpc) is 2.71. The van der Waals surface area contributed by atoms with Crippen molar-refractivity contribution in [3.05, 3.63) is 16.0 Å². The second-order valence-electron chi connectivity index (χ2n) is 4.95. The molecule has 0 bridgehead atoms. The third kappa shape index (κ3) is 3.73. The smallest absolute Gasteiger partial charge is 0.207 e. The molecule has 7 heteroatoms. The molecular weight excluding hydrogens is 370 g/mol. The highest BCUT2D eigenvalue weighted by atomic mass is 79.9. The van der Waals surface area contributed by atoms with Gasteiger partial charge < -0.3 is 0 Å². The van der Waals surface area contributed by atoms with E-state index in [0.29, 0.717) is 14.5 Å². The zero-order valence-electron chi connectivity index (χ0n) is 10.7. The molecule has 19 heavy (non-hydrogen) atoms. The van der Waals surface area contributed by atoms with E-state index in [1.54, 1.807) is 6.07 Å². The molecule has 1 fully saturated rings. The van der Waals surface area contributed by atoms with Crippen LogP contribution >= 0.6 is 38.9 Å². The molecule has 0 aliphatic heterocycles. The van der Waals surface area contributed by atoms with Crippen molar-refractivity contribution in [3.63, 3.8) is 0 Å². The first-order valence-corrected chi connectivity index (χ1v) is 10.1. The fourth-order valence-electron chi connectivity index (χ4n) is 2.37. The summed E-state index contributed by atoms with van der Waals surface area (Å²) in [5, 5.41) is 0.838. The Morgan fingerprint density at radius 1 is 1.47 bits per heavy atom. The lowest BCUT2D eigenvalue weighted by Crippen LogP contribution is -2.42. The molecule has 2 rings (SSSR count). The Labute approximate surface area is 131 Å². The third-order valence-electron chi connectivity index (χ3n) is 3.51. The van der Waals surface area contributed by atoms with Crippen LogP contribution in [0.1, 0.15) is 31.2 Å². The zero-order chi connectivity index (χ0) is 14.0. The predicted octanol–water partition coefficient (Wildman–Crippen LogP) is 3.94. The van der Waals surface area contributed by atoms with Gasteiger partial charge in [-0.15, -0.1) is 11.3 Å². The molecule has 3 nitrogen and oxygen atoms in total. The molecule has 1 N–H and O–H groups in total. The first-order chi connectivity index (χ1) is 8.94. The Morgan fingerprint density at radius 3 is 2.74 bits per heavy atom. The maximum absolute atomic E-state index is 12.4. The zero-order valence-corrected chi connectivity index (χ0v) is 14.6. The third-order valence-corrected chi connectivity index (χ3v) is 7.86. The van der Waals surface area contributed by atoms with E-state index in [2.05, 4.69) is 20.7 Å². The van der Waals surface area contributed by atoms with Gasteiger partial charge in [0.1, 0.15) is 4.21 Å². The number of alkyl halides is 1. The van der Waals surface area contributed by atoms with Gasteiger partial charge in [0.15, 0.2) is 0 Å². The average molecular weight is 387 g/mol. The van der Waals surface area contributed by atoms with E-state index < -0.39 is 10.0 Å².